The van der Waals surface area contributed by atoms with Crippen molar-refractivity contribution in [2.24, 2.45) is 0 Å². The molecule has 8 nitrogen and oxygen atoms in total. The smallest absolute Gasteiger partial charge is 0.261 e. The van der Waals surface area contributed by atoms with E-state index in [1.807, 2.05) is 52.0 Å². The predicted octanol–water partition coefficient (Wildman–Crippen LogP) is 4.59. The molecule has 1 aliphatic rings. The van der Waals surface area contributed by atoms with E-state index >= 15 is 0 Å². The lowest BCUT2D eigenvalue weighted by Crippen LogP contribution is -2.52. The lowest BCUT2D eigenvalue weighted by Gasteiger charge is -2.34. The molecule has 4 rings (SSSR count). The fraction of sp³-hybridized carbons (Fsp3) is 0.321. The molecule has 0 unspecified atom stereocenters. The zero-order valence-electron chi connectivity index (χ0n) is 21.4. The van der Waals surface area contributed by atoms with Crippen LogP contribution in [-0.4, -0.2) is 36.6 Å². The molecule has 0 aliphatic carbocycles. The summed E-state index contributed by atoms with van der Waals surface area (Å²) < 4.78 is 11.0. The number of ether oxygens (including phenoxy) is 2. The van der Waals surface area contributed by atoms with Crippen LogP contribution in [0.3, 0.4) is 0 Å². The molecule has 9 heteroatoms. The zero-order chi connectivity index (χ0) is 26.6. The number of thiophene rings is 1. The third-order valence-electron chi connectivity index (χ3n) is 6.29. The minimum Gasteiger partial charge on any atom is -0.454 e. The van der Waals surface area contributed by atoms with Crippen molar-refractivity contribution in [2.75, 3.05) is 18.2 Å². The van der Waals surface area contributed by atoms with Gasteiger partial charge in [0, 0.05) is 17.3 Å². The van der Waals surface area contributed by atoms with Crippen molar-refractivity contribution in [1.29, 1.82) is 0 Å². The van der Waals surface area contributed by atoms with E-state index in [1.54, 1.807) is 35.7 Å². The van der Waals surface area contributed by atoms with Crippen LogP contribution in [-0.2, 0) is 9.59 Å². The molecule has 2 aromatic carbocycles. The van der Waals surface area contributed by atoms with Crippen molar-refractivity contribution in [3.8, 4) is 11.5 Å². The number of carbonyl (C=O) groups is 3. The highest BCUT2D eigenvalue weighted by Gasteiger charge is 2.35. The van der Waals surface area contributed by atoms with Gasteiger partial charge in [0.1, 0.15) is 6.04 Å². The van der Waals surface area contributed by atoms with Gasteiger partial charge in [-0.15, -0.1) is 11.3 Å². The largest absolute Gasteiger partial charge is 0.454 e. The van der Waals surface area contributed by atoms with Gasteiger partial charge in [0.05, 0.1) is 11.4 Å². The summed E-state index contributed by atoms with van der Waals surface area (Å²) in [6, 6.07) is 15.1. The number of aryl methyl sites for hydroxylation is 1. The number of benzene rings is 2. The van der Waals surface area contributed by atoms with Crippen LogP contribution in [0, 0.1) is 6.92 Å². The van der Waals surface area contributed by atoms with Crippen LogP contribution < -0.4 is 25.0 Å². The Labute approximate surface area is 220 Å². The number of carbonyl (C=O) groups excluding carboxylic acids is 3. The second kappa shape index (κ2) is 11.0. The van der Waals surface area contributed by atoms with Crippen LogP contribution in [0.25, 0.3) is 0 Å². The first-order valence-corrected chi connectivity index (χ1v) is 13.0. The van der Waals surface area contributed by atoms with E-state index in [0.29, 0.717) is 34.0 Å². The van der Waals surface area contributed by atoms with Crippen molar-refractivity contribution in [3.05, 3.63) is 76.0 Å². The first kappa shape index (κ1) is 26.2. The Bertz CT molecular complexity index is 1270. The molecular weight excluding hydrogens is 490 g/mol. The van der Waals surface area contributed by atoms with Crippen molar-refractivity contribution in [2.45, 2.75) is 45.7 Å². The maximum absolute atomic E-state index is 13.8. The third kappa shape index (κ3) is 6.11. The van der Waals surface area contributed by atoms with E-state index in [-0.39, 0.29) is 25.2 Å². The molecule has 37 heavy (non-hydrogen) atoms. The first-order chi connectivity index (χ1) is 17.7. The van der Waals surface area contributed by atoms with Gasteiger partial charge < -0.3 is 20.1 Å². The summed E-state index contributed by atoms with van der Waals surface area (Å²) in [5.41, 5.74) is 1.64. The Morgan fingerprint density at radius 3 is 2.46 bits per heavy atom. The molecule has 3 aromatic rings. The monoisotopic (exact) mass is 521 g/mol. The molecule has 194 valence electrons. The summed E-state index contributed by atoms with van der Waals surface area (Å²) in [6.45, 7) is 7.60. The molecule has 0 saturated heterocycles. The highest BCUT2D eigenvalue weighted by Crippen LogP contribution is 2.38. The molecule has 0 radical (unpaired) electrons. The summed E-state index contributed by atoms with van der Waals surface area (Å²) in [7, 11) is 0. The average Bonchev–Trinajstić information content (AvgIpc) is 3.58. The number of fused-ring (bicyclic) bond motifs is 1. The zero-order valence-corrected chi connectivity index (χ0v) is 22.2. The Morgan fingerprint density at radius 1 is 1.05 bits per heavy atom. The van der Waals surface area contributed by atoms with Gasteiger partial charge >= 0.3 is 0 Å². The summed E-state index contributed by atoms with van der Waals surface area (Å²) in [5, 5.41) is 7.58. The summed E-state index contributed by atoms with van der Waals surface area (Å²) >= 11 is 1.29. The topological polar surface area (TPSA) is 97.0 Å². The first-order valence-electron chi connectivity index (χ1n) is 12.1. The highest BCUT2D eigenvalue weighted by atomic mass is 32.1. The summed E-state index contributed by atoms with van der Waals surface area (Å²) in [6.07, 6.45) is 0.703. The van der Waals surface area contributed by atoms with Gasteiger partial charge in [-0.1, -0.05) is 42.8 Å². The Hall–Kier alpha value is -3.85. The van der Waals surface area contributed by atoms with Gasteiger partial charge in [-0.05, 0) is 56.3 Å². The van der Waals surface area contributed by atoms with Gasteiger partial charge in [0.2, 0.25) is 18.6 Å². The Balaban J connectivity index is 1.74. The number of hydrogen-bond donors (Lipinski definition) is 2. The maximum Gasteiger partial charge on any atom is 0.261 e. The molecule has 0 spiro atoms. The fourth-order valence-corrected chi connectivity index (χ4v) is 4.50. The molecule has 2 N–H and O–H groups in total. The molecular formula is C28H31N3O5S. The normalized spacial score (nSPS) is 13.1. The quantitative estimate of drug-likeness (QED) is 0.429. The lowest BCUT2D eigenvalue weighted by atomic mass is 9.97. The molecule has 1 atom stereocenters. The second-order valence-electron chi connectivity index (χ2n) is 9.50. The number of hydrogen-bond acceptors (Lipinski definition) is 6. The second-order valence-corrected chi connectivity index (χ2v) is 10.4. The molecule has 0 bridgehead atoms. The van der Waals surface area contributed by atoms with Gasteiger partial charge in [-0.3, -0.25) is 19.3 Å². The number of anilines is 1. The predicted molar refractivity (Wildman–Crippen MR) is 143 cm³/mol. The maximum atomic E-state index is 13.8. The Kier molecular flexibility index (Phi) is 7.83. The van der Waals surface area contributed by atoms with E-state index in [4.69, 9.17) is 9.47 Å². The molecule has 0 fully saturated rings. The highest BCUT2D eigenvalue weighted by molar-refractivity contribution is 7.12. The molecule has 0 saturated carbocycles. The van der Waals surface area contributed by atoms with Crippen LogP contribution >= 0.6 is 11.3 Å². The van der Waals surface area contributed by atoms with Gasteiger partial charge in [0.15, 0.2) is 11.5 Å². The molecule has 1 aliphatic heterocycles. The van der Waals surface area contributed by atoms with E-state index < -0.39 is 17.5 Å². The number of nitrogens with one attached hydrogen (secondary N) is 2. The van der Waals surface area contributed by atoms with Crippen molar-refractivity contribution >= 4 is 34.7 Å². The molecule has 2 heterocycles. The van der Waals surface area contributed by atoms with E-state index in [9.17, 15) is 14.4 Å². The molecule has 1 aromatic heterocycles. The van der Waals surface area contributed by atoms with E-state index in [2.05, 4.69) is 10.6 Å². The van der Waals surface area contributed by atoms with Crippen LogP contribution in [0.15, 0.2) is 60.0 Å². The van der Waals surface area contributed by atoms with Gasteiger partial charge in [-0.2, -0.15) is 0 Å². The van der Waals surface area contributed by atoms with Crippen molar-refractivity contribution in [3.63, 3.8) is 0 Å². The number of amides is 3. The lowest BCUT2D eigenvalue weighted by molar-refractivity contribution is -0.127. The van der Waals surface area contributed by atoms with Crippen molar-refractivity contribution < 1.29 is 23.9 Å². The SMILES string of the molecule is CCC(C)(C)NC(=O)[C@@H](c1ccc(C)cc1)N(C(=O)CNC(=O)c1cccs1)c1ccc2c(c1)OCO2. The standard InChI is InChI=1S/C28H31N3O5S/c1-5-28(3,4)30-27(34)25(19-10-8-18(2)9-11-19)31(20-12-13-21-22(15-20)36-17-35-21)24(32)16-29-26(33)23-7-6-14-37-23/h6-15,25H,5,16-17H2,1-4H3,(H,29,33)(H,30,34)/t25-/m1/s1. The van der Waals surface area contributed by atoms with Crippen LogP contribution in [0.5, 0.6) is 11.5 Å². The number of rotatable bonds is 9. The number of nitrogens with zero attached hydrogens (tertiary/aromatic N) is 1. The third-order valence-corrected chi connectivity index (χ3v) is 7.16. The van der Waals surface area contributed by atoms with Gasteiger partial charge in [0.25, 0.3) is 5.91 Å². The summed E-state index contributed by atoms with van der Waals surface area (Å²) in [5.74, 6) is -0.0805. The van der Waals surface area contributed by atoms with Crippen LogP contribution in [0.4, 0.5) is 5.69 Å². The Morgan fingerprint density at radius 2 is 1.78 bits per heavy atom. The van der Waals surface area contributed by atoms with Crippen molar-refractivity contribution in [1.82, 2.24) is 10.6 Å². The van der Waals surface area contributed by atoms with Gasteiger partial charge in [-0.25, -0.2) is 0 Å². The van der Waals surface area contributed by atoms with E-state index in [0.717, 1.165) is 5.56 Å². The fourth-order valence-electron chi connectivity index (χ4n) is 3.86. The average molecular weight is 522 g/mol. The minimum atomic E-state index is -0.988. The molecule has 3 amide bonds. The van der Waals surface area contributed by atoms with Crippen LogP contribution in [0.1, 0.15) is 54.0 Å². The summed E-state index contributed by atoms with van der Waals surface area (Å²) in [4.78, 5) is 42.1. The van der Waals surface area contributed by atoms with Crippen LogP contribution in [0.2, 0.25) is 0 Å². The minimum absolute atomic E-state index is 0.0795. The van der Waals surface area contributed by atoms with E-state index in [1.165, 1.54) is 16.2 Å².